The number of hydrogen-bond donors (Lipinski definition) is 1. The van der Waals surface area contributed by atoms with Gasteiger partial charge in [-0.3, -0.25) is 4.68 Å². The first-order valence-electron chi connectivity index (χ1n) is 6.30. The molecule has 5 heteroatoms. The van der Waals surface area contributed by atoms with Crippen LogP contribution in [0.1, 0.15) is 25.1 Å². The van der Waals surface area contributed by atoms with Crippen LogP contribution >= 0.6 is 15.9 Å². The zero-order chi connectivity index (χ0) is 13.5. The molecule has 1 heterocycles. The maximum atomic E-state index is 4.44. The van der Waals surface area contributed by atoms with Crippen molar-refractivity contribution in [2.75, 3.05) is 27.2 Å². The van der Waals surface area contributed by atoms with Gasteiger partial charge in [0.2, 0.25) is 0 Å². The van der Waals surface area contributed by atoms with Crippen molar-refractivity contribution in [2.45, 2.75) is 25.9 Å². The predicted molar refractivity (Wildman–Crippen MR) is 79.7 cm³/mol. The summed E-state index contributed by atoms with van der Waals surface area (Å²) in [5, 5.41) is 7.92. The van der Waals surface area contributed by atoms with Gasteiger partial charge in [-0.25, -0.2) is 0 Å². The molecule has 0 spiro atoms. The third-order valence-electron chi connectivity index (χ3n) is 2.78. The molecule has 0 bridgehead atoms. The Kier molecular flexibility index (Phi) is 6.60. The molecule has 0 aliphatic heterocycles. The summed E-state index contributed by atoms with van der Waals surface area (Å²) in [6, 6.07) is 0.270. The average molecular weight is 315 g/mol. The van der Waals surface area contributed by atoms with E-state index in [1.165, 1.54) is 5.69 Å². The van der Waals surface area contributed by atoms with E-state index in [4.69, 9.17) is 0 Å². The Hall–Kier alpha value is -0.650. The highest BCUT2D eigenvalue weighted by atomic mass is 79.9. The lowest BCUT2D eigenvalue weighted by Gasteiger charge is -2.19. The fourth-order valence-electron chi connectivity index (χ4n) is 1.90. The molecule has 1 unspecified atom stereocenters. The minimum atomic E-state index is 0.270. The van der Waals surface area contributed by atoms with Gasteiger partial charge in [0, 0.05) is 6.54 Å². The molecule has 0 saturated heterocycles. The van der Waals surface area contributed by atoms with Crippen LogP contribution in [0.5, 0.6) is 0 Å². The van der Waals surface area contributed by atoms with Gasteiger partial charge in [0.05, 0.1) is 29.0 Å². The highest BCUT2D eigenvalue weighted by Gasteiger charge is 2.18. The Morgan fingerprint density at radius 2 is 2.33 bits per heavy atom. The van der Waals surface area contributed by atoms with Gasteiger partial charge in [0.25, 0.3) is 0 Å². The SMILES string of the molecule is C=CCC(NCC)c1c(Br)cnn1CCN(C)C. The number of halogens is 1. The number of hydrogen-bond acceptors (Lipinski definition) is 3. The van der Waals surface area contributed by atoms with Gasteiger partial charge in [-0.05, 0) is 43.0 Å². The lowest BCUT2D eigenvalue weighted by atomic mass is 10.1. The Morgan fingerprint density at radius 1 is 1.61 bits per heavy atom. The van der Waals surface area contributed by atoms with E-state index in [2.05, 4.69) is 63.5 Å². The second-order valence-electron chi connectivity index (χ2n) is 4.54. The third-order valence-corrected chi connectivity index (χ3v) is 3.39. The van der Waals surface area contributed by atoms with Crippen LogP contribution in [-0.2, 0) is 6.54 Å². The molecule has 0 fully saturated rings. The Morgan fingerprint density at radius 3 is 2.89 bits per heavy atom. The lowest BCUT2D eigenvalue weighted by Crippen LogP contribution is -2.26. The molecule has 0 saturated carbocycles. The van der Waals surface area contributed by atoms with Crippen LogP contribution in [0.25, 0.3) is 0 Å². The van der Waals surface area contributed by atoms with Crippen LogP contribution in [0.3, 0.4) is 0 Å². The van der Waals surface area contributed by atoms with Crippen molar-refractivity contribution in [1.29, 1.82) is 0 Å². The third kappa shape index (κ3) is 4.23. The summed E-state index contributed by atoms with van der Waals surface area (Å²) in [5.41, 5.74) is 1.21. The Labute approximate surface area is 118 Å². The van der Waals surface area contributed by atoms with Gasteiger partial charge in [-0.15, -0.1) is 6.58 Å². The number of likely N-dealkylation sites (N-methyl/N-ethyl adjacent to an activating group) is 1. The zero-order valence-electron chi connectivity index (χ0n) is 11.5. The van der Waals surface area contributed by atoms with Crippen molar-refractivity contribution < 1.29 is 0 Å². The first-order chi connectivity index (χ1) is 8.60. The van der Waals surface area contributed by atoms with E-state index in [9.17, 15) is 0 Å². The van der Waals surface area contributed by atoms with Crippen molar-refractivity contribution in [3.05, 3.63) is 29.0 Å². The molecule has 0 aliphatic rings. The molecule has 0 aliphatic carbocycles. The molecule has 102 valence electrons. The van der Waals surface area contributed by atoms with Crippen molar-refractivity contribution >= 4 is 15.9 Å². The maximum absolute atomic E-state index is 4.44. The lowest BCUT2D eigenvalue weighted by molar-refractivity contribution is 0.362. The number of nitrogens with zero attached hydrogens (tertiary/aromatic N) is 3. The van der Waals surface area contributed by atoms with E-state index in [0.29, 0.717) is 0 Å². The first-order valence-corrected chi connectivity index (χ1v) is 7.09. The Balaban J connectivity index is 2.89. The summed E-state index contributed by atoms with van der Waals surface area (Å²) in [4.78, 5) is 2.16. The van der Waals surface area contributed by atoms with Crippen molar-refractivity contribution in [1.82, 2.24) is 20.0 Å². The summed E-state index contributed by atoms with van der Waals surface area (Å²) in [5.74, 6) is 0. The van der Waals surface area contributed by atoms with Crippen molar-refractivity contribution in [2.24, 2.45) is 0 Å². The highest BCUT2D eigenvalue weighted by molar-refractivity contribution is 9.10. The molecule has 4 nitrogen and oxygen atoms in total. The molecule has 18 heavy (non-hydrogen) atoms. The van der Waals surface area contributed by atoms with Gasteiger partial charge in [-0.1, -0.05) is 13.0 Å². The van der Waals surface area contributed by atoms with Gasteiger partial charge in [-0.2, -0.15) is 5.10 Å². The van der Waals surface area contributed by atoms with Crippen molar-refractivity contribution in [3.63, 3.8) is 0 Å². The van der Waals surface area contributed by atoms with E-state index in [-0.39, 0.29) is 6.04 Å². The standard InChI is InChI=1S/C13H23BrN4/c1-5-7-12(15-6-2)13-11(14)10-16-18(13)9-8-17(3)4/h5,10,12,15H,1,6-9H2,2-4H3. The predicted octanol–water partition coefficient (Wildman–Crippen LogP) is 2.43. The summed E-state index contributed by atoms with van der Waals surface area (Å²) in [6.07, 6.45) is 4.72. The molecule has 0 amide bonds. The molecular weight excluding hydrogens is 292 g/mol. The fraction of sp³-hybridized carbons (Fsp3) is 0.615. The van der Waals surface area contributed by atoms with Crippen LogP contribution < -0.4 is 5.32 Å². The number of rotatable bonds is 8. The summed E-state index contributed by atoms with van der Waals surface area (Å²) in [6.45, 7) is 8.76. The molecule has 0 aromatic carbocycles. The summed E-state index contributed by atoms with van der Waals surface area (Å²) >= 11 is 3.59. The van der Waals surface area contributed by atoms with Crippen LogP contribution in [0.2, 0.25) is 0 Å². The quantitative estimate of drug-likeness (QED) is 0.748. The monoisotopic (exact) mass is 314 g/mol. The molecule has 1 aromatic rings. The molecule has 1 rings (SSSR count). The molecule has 1 atom stereocenters. The second kappa shape index (κ2) is 7.71. The average Bonchev–Trinajstić information content (AvgIpc) is 2.67. The Bertz CT molecular complexity index is 373. The van der Waals surface area contributed by atoms with Gasteiger partial charge < -0.3 is 10.2 Å². The summed E-state index contributed by atoms with van der Waals surface area (Å²) < 4.78 is 3.13. The molecule has 1 aromatic heterocycles. The van der Waals surface area contributed by atoms with Crippen LogP contribution in [0, 0.1) is 0 Å². The van der Waals surface area contributed by atoms with Crippen LogP contribution in [0.15, 0.2) is 23.3 Å². The van der Waals surface area contributed by atoms with Crippen LogP contribution in [0.4, 0.5) is 0 Å². The minimum absolute atomic E-state index is 0.270. The van der Waals surface area contributed by atoms with Gasteiger partial charge in [0.15, 0.2) is 0 Å². The second-order valence-corrected chi connectivity index (χ2v) is 5.39. The van der Waals surface area contributed by atoms with E-state index in [1.54, 1.807) is 0 Å². The minimum Gasteiger partial charge on any atom is -0.309 e. The largest absolute Gasteiger partial charge is 0.309 e. The van der Waals surface area contributed by atoms with Gasteiger partial charge in [0.1, 0.15) is 0 Å². The van der Waals surface area contributed by atoms with E-state index < -0.39 is 0 Å². The van der Waals surface area contributed by atoms with E-state index in [1.807, 2.05) is 12.3 Å². The molecule has 1 N–H and O–H groups in total. The normalized spacial score (nSPS) is 12.9. The number of nitrogens with one attached hydrogen (secondary N) is 1. The molecular formula is C13H23BrN4. The van der Waals surface area contributed by atoms with Gasteiger partial charge >= 0.3 is 0 Å². The van der Waals surface area contributed by atoms with E-state index in [0.717, 1.165) is 30.5 Å². The smallest absolute Gasteiger partial charge is 0.0699 e. The highest BCUT2D eigenvalue weighted by Crippen LogP contribution is 2.25. The van der Waals surface area contributed by atoms with Crippen molar-refractivity contribution in [3.8, 4) is 0 Å². The van der Waals surface area contributed by atoms with Crippen LogP contribution in [-0.4, -0.2) is 41.9 Å². The number of aromatic nitrogens is 2. The maximum Gasteiger partial charge on any atom is 0.0699 e. The first kappa shape index (κ1) is 15.4. The van der Waals surface area contributed by atoms with E-state index >= 15 is 0 Å². The fourth-order valence-corrected chi connectivity index (χ4v) is 2.47. The topological polar surface area (TPSA) is 33.1 Å². The molecule has 0 radical (unpaired) electrons. The summed E-state index contributed by atoms with van der Waals surface area (Å²) in [7, 11) is 4.15. The zero-order valence-corrected chi connectivity index (χ0v) is 13.1.